The van der Waals surface area contributed by atoms with Crippen molar-refractivity contribution in [1.82, 2.24) is 19.7 Å². The maximum Gasteiger partial charge on any atom is 0.192 e. The molecule has 29 heavy (non-hydrogen) atoms. The Morgan fingerprint density at radius 1 is 1.21 bits per heavy atom. The highest BCUT2D eigenvalue weighted by Crippen LogP contribution is 2.30. The average Bonchev–Trinajstić information content (AvgIpc) is 3.47. The highest BCUT2D eigenvalue weighted by molar-refractivity contribution is 7.98. The highest BCUT2D eigenvalue weighted by atomic mass is 32.2. The van der Waals surface area contributed by atoms with Crippen LogP contribution in [0.5, 0.6) is 0 Å². The van der Waals surface area contributed by atoms with Crippen LogP contribution in [0.2, 0.25) is 0 Å². The van der Waals surface area contributed by atoms with E-state index in [2.05, 4.69) is 57.9 Å². The molecule has 1 aromatic carbocycles. The van der Waals surface area contributed by atoms with E-state index in [0.29, 0.717) is 6.54 Å². The van der Waals surface area contributed by atoms with E-state index in [1.165, 1.54) is 5.56 Å². The molecule has 3 aromatic heterocycles. The second-order valence-corrected chi connectivity index (χ2v) is 8.38. The van der Waals surface area contributed by atoms with Crippen LogP contribution in [0.4, 0.5) is 0 Å². The molecule has 3 heterocycles. The van der Waals surface area contributed by atoms with Crippen molar-refractivity contribution in [3.05, 3.63) is 71.6 Å². The summed E-state index contributed by atoms with van der Waals surface area (Å²) in [6.07, 6.45) is 4.58. The molecule has 0 saturated carbocycles. The average molecular weight is 423 g/mol. The summed E-state index contributed by atoms with van der Waals surface area (Å²) >= 11 is 3.31. The standard InChI is InChI=1S/C22H22N4OS2/c1-4-11-26-20(19-10-12-27-15(19)3)24-25-22(26)29-14-18-13-28-21(23-18)17-8-6-16(5-2)7-9-17/h4,6-10,12-13H,1,5,11,14H2,2-3H3. The van der Waals surface area contributed by atoms with Crippen molar-refractivity contribution in [2.24, 2.45) is 0 Å². The number of hydrogen-bond acceptors (Lipinski definition) is 6. The van der Waals surface area contributed by atoms with E-state index >= 15 is 0 Å². The molecule has 0 aliphatic carbocycles. The Balaban J connectivity index is 1.51. The SMILES string of the molecule is C=CCn1c(SCc2csc(-c3ccc(CC)cc3)n2)nnc1-c1ccoc1C. The van der Waals surface area contributed by atoms with Gasteiger partial charge < -0.3 is 4.42 Å². The first-order valence-corrected chi connectivity index (χ1v) is 11.3. The van der Waals surface area contributed by atoms with Crippen molar-refractivity contribution in [1.29, 1.82) is 0 Å². The lowest BCUT2D eigenvalue weighted by Crippen LogP contribution is -2.00. The predicted octanol–water partition coefficient (Wildman–Crippen LogP) is 6.01. The van der Waals surface area contributed by atoms with Crippen LogP contribution in [0.25, 0.3) is 22.0 Å². The number of hydrogen-bond donors (Lipinski definition) is 0. The molecule has 4 rings (SSSR count). The van der Waals surface area contributed by atoms with Crippen molar-refractivity contribution < 1.29 is 4.42 Å². The van der Waals surface area contributed by atoms with Crippen molar-refractivity contribution in [2.45, 2.75) is 37.7 Å². The predicted molar refractivity (Wildman–Crippen MR) is 119 cm³/mol. The minimum absolute atomic E-state index is 0.640. The second-order valence-electron chi connectivity index (χ2n) is 6.58. The first kappa shape index (κ1) is 19.7. The van der Waals surface area contributed by atoms with Gasteiger partial charge in [-0.25, -0.2) is 4.98 Å². The molecule has 0 aliphatic heterocycles. The zero-order valence-electron chi connectivity index (χ0n) is 16.5. The Morgan fingerprint density at radius 3 is 2.72 bits per heavy atom. The van der Waals surface area contributed by atoms with Crippen molar-refractivity contribution in [2.75, 3.05) is 0 Å². The van der Waals surface area contributed by atoms with E-state index in [9.17, 15) is 0 Å². The monoisotopic (exact) mass is 422 g/mol. The summed E-state index contributed by atoms with van der Waals surface area (Å²) in [5, 5.41) is 12.8. The Hall–Kier alpha value is -2.64. The minimum Gasteiger partial charge on any atom is -0.469 e. The van der Waals surface area contributed by atoms with Crippen LogP contribution < -0.4 is 0 Å². The van der Waals surface area contributed by atoms with E-state index < -0.39 is 0 Å². The van der Waals surface area contributed by atoms with E-state index in [1.807, 2.05) is 19.1 Å². The number of aromatic nitrogens is 4. The molecule has 0 unspecified atom stereocenters. The number of benzene rings is 1. The fourth-order valence-electron chi connectivity index (χ4n) is 3.03. The molecule has 4 aromatic rings. The molecule has 0 radical (unpaired) electrons. The number of thioether (sulfide) groups is 1. The van der Waals surface area contributed by atoms with Crippen LogP contribution in [-0.4, -0.2) is 19.7 Å². The number of thiazole rings is 1. The molecular weight excluding hydrogens is 400 g/mol. The summed E-state index contributed by atoms with van der Waals surface area (Å²) in [7, 11) is 0. The summed E-state index contributed by atoms with van der Waals surface area (Å²) in [6, 6.07) is 10.6. The summed E-state index contributed by atoms with van der Waals surface area (Å²) in [5.41, 5.74) is 4.50. The molecule has 0 bridgehead atoms. The van der Waals surface area contributed by atoms with E-state index in [1.54, 1.807) is 29.4 Å². The smallest absolute Gasteiger partial charge is 0.192 e. The first-order chi connectivity index (χ1) is 14.2. The molecule has 7 heteroatoms. The van der Waals surface area contributed by atoms with Gasteiger partial charge >= 0.3 is 0 Å². The van der Waals surface area contributed by atoms with Crippen molar-refractivity contribution >= 4 is 23.1 Å². The summed E-state index contributed by atoms with van der Waals surface area (Å²) < 4.78 is 7.49. The van der Waals surface area contributed by atoms with Crippen LogP contribution in [0.1, 0.15) is 23.9 Å². The Kier molecular flexibility index (Phi) is 5.97. The molecule has 148 valence electrons. The molecule has 0 spiro atoms. The van der Waals surface area contributed by atoms with Gasteiger partial charge in [0.2, 0.25) is 0 Å². The van der Waals surface area contributed by atoms with Gasteiger partial charge in [0.1, 0.15) is 10.8 Å². The maximum absolute atomic E-state index is 5.43. The molecule has 0 fully saturated rings. The zero-order chi connectivity index (χ0) is 20.2. The lowest BCUT2D eigenvalue weighted by atomic mass is 10.1. The Morgan fingerprint density at radius 2 is 2.03 bits per heavy atom. The molecular formula is C22H22N4OS2. The number of allylic oxidation sites excluding steroid dienone is 1. The zero-order valence-corrected chi connectivity index (χ0v) is 18.1. The summed E-state index contributed by atoms with van der Waals surface area (Å²) in [4.78, 5) is 4.80. The largest absolute Gasteiger partial charge is 0.469 e. The normalized spacial score (nSPS) is 11.1. The number of aryl methyl sites for hydroxylation is 2. The van der Waals surface area contributed by atoms with Gasteiger partial charge in [-0.3, -0.25) is 4.57 Å². The highest BCUT2D eigenvalue weighted by Gasteiger charge is 2.17. The molecule has 0 amide bonds. The van der Waals surface area contributed by atoms with Gasteiger partial charge in [0.25, 0.3) is 0 Å². The van der Waals surface area contributed by atoms with Crippen LogP contribution in [0.15, 0.2) is 64.2 Å². The van der Waals surface area contributed by atoms with Gasteiger partial charge in [-0.1, -0.05) is 49.0 Å². The van der Waals surface area contributed by atoms with Gasteiger partial charge in [-0.2, -0.15) is 0 Å². The van der Waals surface area contributed by atoms with Crippen molar-refractivity contribution in [3.8, 4) is 22.0 Å². The van der Waals surface area contributed by atoms with Crippen LogP contribution >= 0.6 is 23.1 Å². The molecule has 0 saturated heterocycles. The van der Waals surface area contributed by atoms with Crippen molar-refractivity contribution in [3.63, 3.8) is 0 Å². The van der Waals surface area contributed by atoms with Crippen LogP contribution in [0, 0.1) is 6.92 Å². The maximum atomic E-state index is 5.43. The third-order valence-electron chi connectivity index (χ3n) is 4.64. The number of nitrogens with zero attached hydrogens (tertiary/aromatic N) is 4. The topological polar surface area (TPSA) is 56.7 Å². The fraction of sp³-hybridized carbons (Fsp3) is 0.227. The Bertz CT molecular complexity index is 1110. The third kappa shape index (κ3) is 4.21. The molecule has 0 aliphatic rings. The quantitative estimate of drug-likeness (QED) is 0.257. The van der Waals surface area contributed by atoms with Gasteiger partial charge in [-0.15, -0.1) is 28.1 Å². The lowest BCUT2D eigenvalue weighted by Gasteiger charge is -2.06. The summed E-state index contributed by atoms with van der Waals surface area (Å²) in [5.74, 6) is 2.37. The number of rotatable bonds is 8. The minimum atomic E-state index is 0.640. The molecule has 5 nitrogen and oxygen atoms in total. The van der Waals surface area contributed by atoms with E-state index in [0.717, 1.165) is 50.7 Å². The van der Waals surface area contributed by atoms with Crippen LogP contribution in [0.3, 0.4) is 0 Å². The van der Waals surface area contributed by atoms with E-state index in [4.69, 9.17) is 9.40 Å². The van der Waals surface area contributed by atoms with Gasteiger partial charge in [0.15, 0.2) is 11.0 Å². The molecule has 0 atom stereocenters. The first-order valence-electron chi connectivity index (χ1n) is 9.44. The van der Waals surface area contributed by atoms with Gasteiger partial charge in [0.05, 0.1) is 17.5 Å². The fourth-order valence-corrected chi connectivity index (χ4v) is 4.80. The van der Waals surface area contributed by atoms with Gasteiger partial charge in [-0.05, 0) is 25.0 Å². The second kappa shape index (κ2) is 8.80. The Labute approximate surface area is 178 Å². The number of furan rings is 1. The third-order valence-corrected chi connectivity index (χ3v) is 6.58. The summed E-state index contributed by atoms with van der Waals surface area (Å²) in [6.45, 7) is 8.60. The lowest BCUT2D eigenvalue weighted by molar-refractivity contribution is 0.534. The molecule has 0 N–H and O–H groups in total. The van der Waals surface area contributed by atoms with Crippen LogP contribution in [-0.2, 0) is 18.7 Å². The van der Waals surface area contributed by atoms with E-state index in [-0.39, 0.29) is 0 Å². The van der Waals surface area contributed by atoms with Gasteiger partial charge in [0, 0.05) is 23.2 Å².